The zero-order valence-electron chi connectivity index (χ0n) is 16.7. The van der Waals surface area contributed by atoms with Crippen LogP contribution in [0.25, 0.3) is 0 Å². The third-order valence-corrected chi connectivity index (χ3v) is 4.71. The van der Waals surface area contributed by atoms with Gasteiger partial charge in [0.05, 0.1) is 7.11 Å². The number of amides is 1. The van der Waals surface area contributed by atoms with Gasteiger partial charge in [-0.3, -0.25) is 4.99 Å². The number of rotatable bonds is 6. The summed E-state index contributed by atoms with van der Waals surface area (Å²) in [5.41, 5.74) is 2.68. The highest BCUT2D eigenvalue weighted by atomic mass is 127. The molecule has 2 N–H and O–H groups in total. The molecule has 6 nitrogen and oxygen atoms in total. The molecule has 1 amide bonds. The lowest BCUT2D eigenvalue weighted by Gasteiger charge is -2.32. The standard InChI is InChI=1S/C20H32N4O2.HI/c1-4-16-6-8-17(9-7-16)10-13-22-19(21-5-2)23-18-11-14-24(15-12-18)20(25)26-3;/h6-9,18H,4-5,10-15H2,1-3H3,(H2,21,22,23);1H. The van der Waals surface area contributed by atoms with Crippen LogP contribution in [0.3, 0.4) is 0 Å². The molecule has 0 atom stereocenters. The molecule has 0 aliphatic carbocycles. The minimum absolute atomic E-state index is 0. The number of hydrogen-bond acceptors (Lipinski definition) is 3. The molecule has 1 aromatic carbocycles. The van der Waals surface area contributed by atoms with Gasteiger partial charge in [-0.05, 0) is 43.7 Å². The second-order valence-electron chi connectivity index (χ2n) is 6.56. The predicted molar refractivity (Wildman–Crippen MR) is 121 cm³/mol. The molecule has 1 saturated heterocycles. The molecule has 0 unspecified atom stereocenters. The van der Waals surface area contributed by atoms with Crippen molar-refractivity contribution in [3.63, 3.8) is 0 Å². The van der Waals surface area contributed by atoms with Gasteiger partial charge < -0.3 is 20.3 Å². The van der Waals surface area contributed by atoms with E-state index in [1.165, 1.54) is 18.2 Å². The molecule has 0 saturated carbocycles. The molecule has 152 valence electrons. The van der Waals surface area contributed by atoms with E-state index in [1.807, 2.05) is 0 Å². The van der Waals surface area contributed by atoms with Gasteiger partial charge in [-0.1, -0.05) is 31.2 Å². The number of nitrogens with zero attached hydrogens (tertiary/aromatic N) is 2. The first kappa shape index (κ1) is 23.5. The summed E-state index contributed by atoms with van der Waals surface area (Å²) in [6.45, 7) is 7.25. The smallest absolute Gasteiger partial charge is 0.409 e. The number of benzene rings is 1. The average molecular weight is 488 g/mol. The molecule has 1 aromatic rings. The largest absolute Gasteiger partial charge is 0.453 e. The Bertz CT molecular complexity index is 584. The Morgan fingerprint density at radius 3 is 2.37 bits per heavy atom. The molecular weight excluding hydrogens is 455 g/mol. The van der Waals surface area contributed by atoms with Crippen LogP contribution in [0, 0.1) is 0 Å². The number of halogens is 1. The summed E-state index contributed by atoms with van der Waals surface area (Å²) >= 11 is 0. The SMILES string of the molecule is CCNC(=NCCc1ccc(CC)cc1)NC1CCN(C(=O)OC)CC1.I. The van der Waals surface area contributed by atoms with E-state index >= 15 is 0 Å². The number of likely N-dealkylation sites (tertiary alicyclic amines) is 1. The molecule has 1 aliphatic heterocycles. The van der Waals surface area contributed by atoms with Crippen LogP contribution in [-0.4, -0.2) is 56.3 Å². The van der Waals surface area contributed by atoms with Gasteiger partial charge in [0.1, 0.15) is 0 Å². The van der Waals surface area contributed by atoms with Crippen LogP contribution in [0.5, 0.6) is 0 Å². The number of aliphatic imine (C=N–C) groups is 1. The number of piperidine rings is 1. The Kier molecular flexibility index (Phi) is 11.2. The highest BCUT2D eigenvalue weighted by molar-refractivity contribution is 14.0. The molecule has 0 radical (unpaired) electrons. The summed E-state index contributed by atoms with van der Waals surface area (Å²) in [6, 6.07) is 9.10. The number of nitrogens with one attached hydrogen (secondary N) is 2. The molecule has 1 heterocycles. The minimum atomic E-state index is -0.238. The first-order valence-corrected chi connectivity index (χ1v) is 9.61. The fraction of sp³-hybridized carbons (Fsp3) is 0.600. The molecule has 1 aliphatic rings. The number of carbonyl (C=O) groups excluding carboxylic acids is 1. The number of carbonyl (C=O) groups is 1. The zero-order valence-corrected chi connectivity index (χ0v) is 19.0. The molecule has 0 bridgehead atoms. The van der Waals surface area contributed by atoms with Gasteiger partial charge >= 0.3 is 6.09 Å². The quantitative estimate of drug-likeness (QED) is 0.367. The monoisotopic (exact) mass is 488 g/mol. The van der Waals surface area contributed by atoms with Crippen molar-refractivity contribution < 1.29 is 9.53 Å². The summed E-state index contributed by atoms with van der Waals surface area (Å²) in [6.07, 6.45) is 3.57. The lowest BCUT2D eigenvalue weighted by atomic mass is 10.1. The van der Waals surface area contributed by atoms with Crippen LogP contribution in [0.4, 0.5) is 4.79 Å². The van der Waals surface area contributed by atoms with Gasteiger partial charge in [0.15, 0.2) is 5.96 Å². The fourth-order valence-corrected chi connectivity index (χ4v) is 3.09. The highest BCUT2D eigenvalue weighted by Crippen LogP contribution is 2.11. The Morgan fingerprint density at radius 2 is 1.81 bits per heavy atom. The molecular formula is C20H33IN4O2. The minimum Gasteiger partial charge on any atom is -0.453 e. The van der Waals surface area contributed by atoms with E-state index in [0.29, 0.717) is 19.1 Å². The van der Waals surface area contributed by atoms with E-state index in [9.17, 15) is 4.79 Å². The lowest BCUT2D eigenvalue weighted by molar-refractivity contribution is 0.111. The maximum absolute atomic E-state index is 11.6. The number of methoxy groups -OCH3 is 1. The van der Waals surface area contributed by atoms with Crippen LogP contribution in [-0.2, 0) is 17.6 Å². The number of aryl methyl sites for hydroxylation is 1. The van der Waals surface area contributed by atoms with E-state index in [2.05, 4.69) is 48.7 Å². The summed E-state index contributed by atoms with van der Waals surface area (Å²) in [4.78, 5) is 18.0. The number of guanidine groups is 1. The van der Waals surface area contributed by atoms with E-state index in [-0.39, 0.29) is 30.1 Å². The normalized spacial score (nSPS) is 15.1. The Hall–Kier alpha value is -1.51. The first-order chi connectivity index (χ1) is 12.7. The van der Waals surface area contributed by atoms with E-state index in [1.54, 1.807) is 4.90 Å². The molecule has 27 heavy (non-hydrogen) atoms. The fourth-order valence-electron chi connectivity index (χ4n) is 3.09. The summed E-state index contributed by atoms with van der Waals surface area (Å²) in [7, 11) is 1.43. The van der Waals surface area contributed by atoms with E-state index in [4.69, 9.17) is 9.73 Å². The summed E-state index contributed by atoms with van der Waals surface area (Å²) < 4.78 is 4.78. The maximum Gasteiger partial charge on any atom is 0.409 e. The van der Waals surface area contributed by atoms with Gasteiger partial charge in [0.2, 0.25) is 0 Å². The summed E-state index contributed by atoms with van der Waals surface area (Å²) in [5, 5.41) is 6.81. The van der Waals surface area contributed by atoms with Crippen molar-refractivity contribution in [1.82, 2.24) is 15.5 Å². The van der Waals surface area contributed by atoms with Crippen LogP contribution in [0.15, 0.2) is 29.3 Å². The third-order valence-electron chi connectivity index (χ3n) is 4.71. The molecule has 0 spiro atoms. The number of hydrogen-bond donors (Lipinski definition) is 2. The van der Waals surface area contributed by atoms with Crippen molar-refractivity contribution in [3.8, 4) is 0 Å². The molecule has 1 fully saturated rings. The van der Waals surface area contributed by atoms with Gasteiger partial charge in [-0.25, -0.2) is 4.79 Å². The lowest BCUT2D eigenvalue weighted by Crippen LogP contribution is -2.49. The van der Waals surface area contributed by atoms with Gasteiger partial charge in [0, 0.05) is 32.2 Å². The molecule has 0 aromatic heterocycles. The average Bonchev–Trinajstić information content (AvgIpc) is 2.68. The first-order valence-electron chi connectivity index (χ1n) is 9.61. The van der Waals surface area contributed by atoms with Gasteiger partial charge in [-0.15, -0.1) is 24.0 Å². The van der Waals surface area contributed by atoms with E-state index < -0.39 is 0 Å². The van der Waals surface area contributed by atoms with Crippen LogP contribution >= 0.6 is 24.0 Å². The van der Waals surface area contributed by atoms with E-state index in [0.717, 1.165) is 44.7 Å². The third kappa shape index (κ3) is 7.94. The van der Waals surface area contributed by atoms with Crippen molar-refractivity contribution in [3.05, 3.63) is 35.4 Å². The zero-order chi connectivity index (χ0) is 18.8. The Morgan fingerprint density at radius 1 is 1.19 bits per heavy atom. The van der Waals surface area contributed by atoms with Crippen molar-refractivity contribution >= 4 is 36.0 Å². The van der Waals surface area contributed by atoms with Crippen molar-refractivity contribution in [2.75, 3.05) is 33.3 Å². The second-order valence-corrected chi connectivity index (χ2v) is 6.56. The Balaban J connectivity index is 0.00000364. The second kappa shape index (κ2) is 12.8. The number of ether oxygens (including phenoxy) is 1. The van der Waals surface area contributed by atoms with Crippen molar-refractivity contribution in [2.45, 2.75) is 45.6 Å². The maximum atomic E-state index is 11.6. The van der Waals surface area contributed by atoms with Crippen LogP contribution in [0.1, 0.15) is 37.8 Å². The predicted octanol–water partition coefficient (Wildman–Crippen LogP) is 3.20. The van der Waals surface area contributed by atoms with Crippen molar-refractivity contribution in [1.29, 1.82) is 0 Å². The van der Waals surface area contributed by atoms with Crippen molar-refractivity contribution in [2.24, 2.45) is 4.99 Å². The van der Waals surface area contributed by atoms with Gasteiger partial charge in [0.25, 0.3) is 0 Å². The van der Waals surface area contributed by atoms with Crippen LogP contribution in [0.2, 0.25) is 0 Å². The summed E-state index contributed by atoms with van der Waals surface area (Å²) in [5.74, 6) is 0.856. The Labute approximate surface area is 180 Å². The molecule has 2 rings (SSSR count). The van der Waals surface area contributed by atoms with Gasteiger partial charge in [-0.2, -0.15) is 0 Å². The molecule has 7 heteroatoms. The topological polar surface area (TPSA) is 66.0 Å². The van der Waals surface area contributed by atoms with Crippen LogP contribution < -0.4 is 10.6 Å². The highest BCUT2D eigenvalue weighted by Gasteiger charge is 2.23.